The Morgan fingerprint density at radius 2 is 1.53 bits per heavy atom. The molecule has 0 unspecified atom stereocenters. The molecule has 0 N–H and O–H groups in total. The van der Waals surface area contributed by atoms with Crippen LogP contribution in [0, 0.1) is 0 Å². The maximum Gasteiger partial charge on any atom is 0.0707 e. The zero-order valence-electron chi connectivity index (χ0n) is 10.0. The summed E-state index contributed by atoms with van der Waals surface area (Å²) in [5.41, 5.74) is 2.52. The highest BCUT2D eigenvalue weighted by Crippen LogP contribution is 2.27. The van der Waals surface area contributed by atoms with E-state index in [-0.39, 0.29) is 0 Å². The molecule has 3 rings (SSSR count). The van der Waals surface area contributed by atoms with Gasteiger partial charge in [0.2, 0.25) is 0 Å². The summed E-state index contributed by atoms with van der Waals surface area (Å²) in [5, 5.41) is 2.55. The predicted molar refractivity (Wildman–Crippen MR) is 74.1 cm³/mol. The van der Waals surface area contributed by atoms with E-state index in [1.807, 2.05) is 0 Å². The topological polar surface area (TPSA) is 12.4 Å². The number of hydrogen-bond acceptors (Lipinski definition) is 1. The summed E-state index contributed by atoms with van der Waals surface area (Å²) in [6.07, 6.45) is 6.36. The molecule has 2 aromatic carbocycles. The maximum absolute atomic E-state index is 4.86. The van der Waals surface area contributed by atoms with Gasteiger partial charge in [0, 0.05) is 11.1 Å². The number of rotatable bonds is 1. The van der Waals surface area contributed by atoms with Gasteiger partial charge in [0.1, 0.15) is 0 Å². The van der Waals surface area contributed by atoms with Gasteiger partial charge in [-0.25, -0.2) is 0 Å². The third-order valence-corrected chi connectivity index (χ3v) is 3.48. The number of aliphatic imine (C=N–C) groups is 1. The number of hydrogen-bond donors (Lipinski definition) is 0. The summed E-state index contributed by atoms with van der Waals surface area (Å²) in [6, 6.07) is 14.9. The molecule has 1 fully saturated rings. The SMILES string of the molecule is c1ccc2c(N=C3CCCCC3)cccc2c1. The van der Waals surface area contributed by atoms with Crippen molar-refractivity contribution in [1.82, 2.24) is 0 Å². The molecular formula is C16H17N. The van der Waals surface area contributed by atoms with Crippen molar-refractivity contribution in [2.24, 2.45) is 4.99 Å². The first kappa shape index (κ1) is 10.5. The quantitative estimate of drug-likeness (QED) is 0.653. The molecule has 0 radical (unpaired) electrons. The lowest BCUT2D eigenvalue weighted by Gasteiger charge is -2.12. The van der Waals surface area contributed by atoms with E-state index in [9.17, 15) is 0 Å². The third kappa shape index (κ3) is 2.23. The second-order valence-electron chi connectivity index (χ2n) is 4.74. The first-order valence-corrected chi connectivity index (χ1v) is 6.48. The van der Waals surface area contributed by atoms with E-state index in [0.29, 0.717) is 0 Å². The van der Waals surface area contributed by atoms with E-state index in [4.69, 9.17) is 4.99 Å². The Hall–Kier alpha value is -1.63. The summed E-state index contributed by atoms with van der Waals surface area (Å²) < 4.78 is 0. The van der Waals surface area contributed by atoms with Gasteiger partial charge in [0.15, 0.2) is 0 Å². The minimum atomic E-state index is 1.14. The molecule has 1 saturated carbocycles. The summed E-state index contributed by atoms with van der Waals surface area (Å²) in [6.45, 7) is 0. The molecule has 0 spiro atoms. The van der Waals surface area contributed by atoms with E-state index in [2.05, 4.69) is 42.5 Å². The lowest BCUT2D eigenvalue weighted by Crippen LogP contribution is -2.03. The molecule has 1 aliphatic rings. The van der Waals surface area contributed by atoms with E-state index in [0.717, 1.165) is 5.69 Å². The molecule has 1 aliphatic carbocycles. The van der Waals surface area contributed by atoms with E-state index in [1.165, 1.54) is 48.6 Å². The molecular weight excluding hydrogens is 206 g/mol. The van der Waals surface area contributed by atoms with Gasteiger partial charge in [-0.15, -0.1) is 0 Å². The van der Waals surface area contributed by atoms with E-state index in [1.54, 1.807) is 0 Å². The molecule has 0 amide bonds. The van der Waals surface area contributed by atoms with Crippen molar-refractivity contribution >= 4 is 22.2 Å². The first-order chi connectivity index (χ1) is 8.43. The second kappa shape index (κ2) is 4.70. The van der Waals surface area contributed by atoms with Crippen molar-refractivity contribution in [3.8, 4) is 0 Å². The van der Waals surface area contributed by atoms with Crippen LogP contribution in [0.3, 0.4) is 0 Å². The smallest absolute Gasteiger partial charge is 0.0707 e. The highest BCUT2D eigenvalue weighted by molar-refractivity contribution is 5.96. The van der Waals surface area contributed by atoms with Crippen molar-refractivity contribution < 1.29 is 0 Å². The molecule has 1 nitrogen and oxygen atoms in total. The van der Waals surface area contributed by atoms with Gasteiger partial charge in [0.25, 0.3) is 0 Å². The lowest BCUT2D eigenvalue weighted by molar-refractivity contribution is 0.667. The molecule has 0 bridgehead atoms. The molecule has 17 heavy (non-hydrogen) atoms. The van der Waals surface area contributed by atoms with Crippen LogP contribution in [0.4, 0.5) is 5.69 Å². The number of benzene rings is 2. The number of fused-ring (bicyclic) bond motifs is 1. The fourth-order valence-electron chi connectivity index (χ4n) is 2.55. The molecule has 86 valence electrons. The van der Waals surface area contributed by atoms with Gasteiger partial charge >= 0.3 is 0 Å². The lowest BCUT2D eigenvalue weighted by atomic mass is 9.98. The van der Waals surface area contributed by atoms with Crippen molar-refractivity contribution in [3.05, 3.63) is 42.5 Å². The fourth-order valence-corrected chi connectivity index (χ4v) is 2.55. The zero-order valence-corrected chi connectivity index (χ0v) is 10.0. The molecule has 0 saturated heterocycles. The summed E-state index contributed by atoms with van der Waals surface area (Å²) in [5.74, 6) is 0. The first-order valence-electron chi connectivity index (χ1n) is 6.48. The van der Waals surface area contributed by atoms with Crippen LogP contribution in [0.1, 0.15) is 32.1 Å². The molecule has 0 aromatic heterocycles. The molecule has 0 aliphatic heterocycles. The molecule has 0 heterocycles. The molecule has 0 atom stereocenters. The second-order valence-corrected chi connectivity index (χ2v) is 4.74. The summed E-state index contributed by atoms with van der Waals surface area (Å²) >= 11 is 0. The predicted octanol–water partition coefficient (Wildman–Crippen LogP) is 4.88. The summed E-state index contributed by atoms with van der Waals surface area (Å²) in [4.78, 5) is 4.86. The molecule has 1 heteroatoms. The van der Waals surface area contributed by atoms with Crippen LogP contribution in [-0.2, 0) is 0 Å². The Kier molecular flexibility index (Phi) is 2.91. The average molecular weight is 223 g/mol. The van der Waals surface area contributed by atoms with Gasteiger partial charge < -0.3 is 0 Å². The molecule has 2 aromatic rings. The van der Waals surface area contributed by atoms with Crippen molar-refractivity contribution in [3.63, 3.8) is 0 Å². The Balaban J connectivity index is 2.05. The van der Waals surface area contributed by atoms with Gasteiger partial charge in [-0.3, -0.25) is 4.99 Å². The number of nitrogens with zero attached hydrogens (tertiary/aromatic N) is 1. The van der Waals surface area contributed by atoms with Gasteiger partial charge in [0.05, 0.1) is 5.69 Å². The monoisotopic (exact) mass is 223 g/mol. The zero-order chi connectivity index (χ0) is 11.5. The van der Waals surface area contributed by atoms with Crippen LogP contribution in [0.5, 0.6) is 0 Å². The Morgan fingerprint density at radius 1 is 0.765 bits per heavy atom. The van der Waals surface area contributed by atoms with Crippen LogP contribution in [-0.4, -0.2) is 5.71 Å². The Labute approximate surface area is 102 Å². The Bertz CT molecular complexity index is 541. The minimum absolute atomic E-state index is 1.14. The highest BCUT2D eigenvalue weighted by Gasteiger charge is 2.07. The van der Waals surface area contributed by atoms with Gasteiger partial charge in [-0.1, -0.05) is 42.8 Å². The standard InChI is InChI=1S/C16H17N/c1-2-9-14(10-3-1)17-16-12-6-8-13-7-4-5-11-15(13)16/h4-8,11-12H,1-3,9-10H2. The van der Waals surface area contributed by atoms with Crippen LogP contribution >= 0.6 is 0 Å². The minimum Gasteiger partial charge on any atom is -0.257 e. The van der Waals surface area contributed by atoms with Crippen LogP contribution in [0.2, 0.25) is 0 Å². The third-order valence-electron chi connectivity index (χ3n) is 3.48. The van der Waals surface area contributed by atoms with E-state index < -0.39 is 0 Å². The van der Waals surface area contributed by atoms with Gasteiger partial charge in [-0.2, -0.15) is 0 Å². The Morgan fingerprint density at radius 3 is 2.41 bits per heavy atom. The van der Waals surface area contributed by atoms with Gasteiger partial charge in [-0.05, 0) is 37.1 Å². The van der Waals surface area contributed by atoms with Crippen molar-refractivity contribution in [1.29, 1.82) is 0 Å². The van der Waals surface area contributed by atoms with Crippen molar-refractivity contribution in [2.45, 2.75) is 32.1 Å². The van der Waals surface area contributed by atoms with Crippen LogP contribution in [0.25, 0.3) is 10.8 Å². The van der Waals surface area contributed by atoms with Crippen molar-refractivity contribution in [2.75, 3.05) is 0 Å². The average Bonchev–Trinajstić information content (AvgIpc) is 2.40. The normalized spacial score (nSPS) is 16.1. The maximum atomic E-state index is 4.86. The van der Waals surface area contributed by atoms with Crippen LogP contribution in [0.15, 0.2) is 47.5 Å². The largest absolute Gasteiger partial charge is 0.257 e. The highest BCUT2D eigenvalue weighted by atomic mass is 14.7. The van der Waals surface area contributed by atoms with Crippen LogP contribution < -0.4 is 0 Å². The van der Waals surface area contributed by atoms with E-state index >= 15 is 0 Å². The summed E-state index contributed by atoms with van der Waals surface area (Å²) in [7, 11) is 0. The fraction of sp³-hybridized carbons (Fsp3) is 0.312.